The minimum atomic E-state index is -0.673. The van der Waals surface area contributed by atoms with E-state index in [2.05, 4.69) is 4.90 Å². The van der Waals surface area contributed by atoms with Crippen LogP contribution in [0.2, 0.25) is 0 Å². The number of morpholine rings is 1. The third kappa shape index (κ3) is 2.48. The fourth-order valence-corrected chi connectivity index (χ4v) is 1.74. The summed E-state index contributed by atoms with van der Waals surface area (Å²) in [6, 6.07) is 0. The first-order valence-corrected chi connectivity index (χ1v) is 5.38. The zero-order valence-corrected chi connectivity index (χ0v) is 9.03. The van der Waals surface area contributed by atoms with E-state index in [0.29, 0.717) is 19.8 Å². The van der Waals surface area contributed by atoms with Crippen LogP contribution in [0.4, 0.5) is 0 Å². The smallest absolute Gasteiger partial charge is 0.342 e. The average Bonchev–Trinajstić information content (AvgIpc) is 3.01. The number of esters is 1. The molecule has 2 fully saturated rings. The maximum absolute atomic E-state index is 11.6. The van der Waals surface area contributed by atoms with Crippen molar-refractivity contribution in [1.29, 1.82) is 0 Å². The van der Waals surface area contributed by atoms with E-state index in [9.17, 15) is 4.79 Å². The zero-order valence-electron chi connectivity index (χ0n) is 9.03. The lowest BCUT2D eigenvalue weighted by molar-refractivity contribution is -0.150. The molecule has 86 valence electrons. The van der Waals surface area contributed by atoms with Crippen LogP contribution in [0.3, 0.4) is 0 Å². The topological polar surface area (TPSA) is 51.3 Å². The maximum atomic E-state index is 11.6. The number of ether oxygens (including phenoxy) is 3. The largest absolute Gasteiger partial charge is 0.464 e. The summed E-state index contributed by atoms with van der Waals surface area (Å²) in [5.74, 6) is -0.225. The van der Waals surface area contributed by atoms with E-state index < -0.39 is 5.60 Å². The lowest BCUT2D eigenvalue weighted by Crippen LogP contribution is -2.45. The van der Waals surface area contributed by atoms with Crippen LogP contribution in [0.15, 0.2) is 0 Å². The van der Waals surface area contributed by atoms with Crippen molar-refractivity contribution in [2.24, 2.45) is 0 Å². The first kappa shape index (κ1) is 10.9. The van der Waals surface area contributed by atoms with Gasteiger partial charge in [0.1, 0.15) is 0 Å². The highest BCUT2D eigenvalue weighted by Gasteiger charge is 2.54. The van der Waals surface area contributed by atoms with E-state index in [1.54, 1.807) is 0 Å². The molecule has 2 aliphatic rings. The zero-order chi connectivity index (χ0) is 10.7. The molecule has 0 bridgehead atoms. The highest BCUT2D eigenvalue weighted by atomic mass is 16.6. The number of hydrogen-bond donors (Lipinski definition) is 0. The Morgan fingerprint density at radius 3 is 2.67 bits per heavy atom. The summed E-state index contributed by atoms with van der Waals surface area (Å²) in [5.41, 5.74) is -0.673. The van der Waals surface area contributed by atoms with Gasteiger partial charge < -0.3 is 14.2 Å². The van der Waals surface area contributed by atoms with Gasteiger partial charge in [0.25, 0.3) is 0 Å². The van der Waals surface area contributed by atoms with E-state index in [1.165, 1.54) is 0 Å². The molecular formula is C10H17NO4. The van der Waals surface area contributed by atoms with Gasteiger partial charge in [0.2, 0.25) is 5.60 Å². The Kier molecular flexibility index (Phi) is 3.23. The van der Waals surface area contributed by atoms with Gasteiger partial charge in [0, 0.05) is 19.6 Å². The molecule has 0 aromatic heterocycles. The molecule has 2 saturated heterocycles. The molecule has 2 aliphatic heterocycles. The van der Waals surface area contributed by atoms with Crippen molar-refractivity contribution in [3.63, 3.8) is 0 Å². The van der Waals surface area contributed by atoms with Gasteiger partial charge in [-0.25, -0.2) is 4.79 Å². The van der Waals surface area contributed by atoms with E-state index in [4.69, 9.17) is 14.2 Å². The molecule has 5 heteroatoms. The van der Waals surface area contributed by atoms with Crippen molar-refractivity contribution in [3.8, 4) is 0 Å². The summed E-state index contributed by atoms with van der Waals surface area (Å²) in [6.07, 6.45) is 0. The molecule has 0 aliphatic carbocycles. The van der Waals surface area contributed by atoms with Crippen molar-refractivity contribution in [2.75, 3.05) is 46.1 Å². The minimum absolute atomic E-state index is 0.225. The average molecular weight is 215 g/mol. The van der Waals surface area contributed by atoms with Crippen LogP contribution in [0.5, 0.6) is 0 Å². The predicted octanol–water partition coefficient (Wildman–Crippen LogP) is -0.349. The van der Waals surface area contributed by atoms with Gasteiger partial charge in [-0.1, -0.05) is 0 Å². The Bertz CT molecular complexity index is 234. The predicted molar refractivity (Wildman–Crippen MR) is 52.6 cm³/mol. The molecular weight excluding hydrogens is 198 g/mol. The second-order valence-electron chi connectivity index (χ2n) is 3.89. The summed E-state index contributed by atoms with van der Waals surface area (Å²) in [6.45, 7) is 6.54. The molecule has 5 nitrogen and oxygen atoms in total. The van der Waals surface area contributed by atoms with Gasteiger partial charge in [0.15, 0.2) is 0 Å². The van der Waals surface area contributed by atoms with Crippen molar-refractivity contribution in [3.05, 3.63) is 0 Å². The molecule has 0 amide bonds. The first-order chi connectivity index (χ1) is 7.27. The van der Waals surface area contributed by atoms with Crippen LogP contribution in [0.25, 0.3) is 0 Å². The minimum Gasteiger partial charge on any atom is -0.464 e. The molecule has 15 heavy (non-hydrogen) atoms. The van der Waals surface area contributed by atoms with Gasteiger partial charge in [-0.2, -0.15) is 0 Å². The van der Waals surface area contributed by atoms with E-state index in [1.807, 2.05) is 6.92 Å². The number of nitrogens with zero attached hydrogens (tertiary/aromatic N) is 1. The van der Waals surface area contributed by atoms with Crippen molar-refractivity contribution in [2.45, 2.75) is 12.5 Å². The summed E-state index contributed by atoms with van der Waals surface area (Å²) in [5, 5.41) is 0. The van der Waals surface area contributed by atoms with Crippen LogP contribution >= 0.6 is 0 Å². The lowest BCUT2D eigenvalue weighted by Gasteiger charge is -2.28. The monoisotopic (exact) mass is 215 g/mol. The molecule has 0 radical (unpaired) electrons. The van der Waals surface area contributed by atoms with Gasteiger partial charge in [-0.15, -0.1) is 0 Å². The normalized spacial score (nSPS) is 31.3. The first-order valence-electron chi connectivity index (χ1n) is 5.38. The van der Waals surface area contributed by atoms with E-state index in [-0.39, 0.29) is 5.97 Å². The lowest BCUT2D eigenvalue weighted by atomic mass is 10.1. The van der Waals surface area contributed by atoms with E-state index >= 15 is 0 Å². The van der Waals surface area contributed by atoms with Gasteiger partial charge in [0.05, 0.1) is 26.4 Å². The van der Waals surface area contributed by atoms with Gasteiger partial charge >= 0.3 is 5.97 Å². The third-order valence-corrected chi connectivity index (χ3v) is 2.72. The molecule has 0 aromatic rings. The SMILES string of the molecule is CCOC(=O)C1(CN2CCOCC2)CO1. The summed E-state index contributed by atoms with van der Waals surface area (Å²) in [7, 11) is 0. The number of epoxide rings is 1. The van der Waals surface area contributed by atoms with Crippen LogP contribution < -0.4 is 0 Å². The second kappa shape index (κ2) is 4.47. The maximum Gasteiger partial charge on any atom is 0.342 e. The summed E-state index contributed by atoms with van der Waals surface area (Å²) >= 11 is 0. The van der Waals surface area contributed by atoms with Crippen molar-refractivity contribution in [1.82, 2.24) is 4.90 Å². The van der Waals surface area contributed by atoms with Crippen molar-refractivity contribution < 1.29 is 19.0 Å². The standard InChI is InChI=1S/C10H17NO4/c1-2-14-9(12)10(8-15-10)7-11-3-5-13-6-4-11/h2-8H2,1H3. The quantitative estimate of drug-likeness (QED) is 0.474. The molecule has 1 unspecified atom stereocenters. The molecule has 1 atom stereocenters. The Hall–Kier alpha value is -0.650. The molecule has 0 saturated carbocycles. The third-order valence-electron chi connectivity index (χ3n) is 2.72. The van der Waals surface area contributed by atoms with E-state index in [0.717, 1.165) is 26.3 Å². The second-order valence-corrected chi connectivity index (χ2v) is 3.89. The number of carbonyl (C=O) groups is 1. The Balaban J connectivity index is 1.84. The summed E-state index contributed by atoms with van der Waals surface area (Å²) < 4.78 is 15.5. The Morgan fingerprint density at radius 2 is 2.13 bits per heavy atom. The number of carbonyl (C=O) groups excluding carboxylic acids is 1. The molecule has 0 aromatic carbocycles. The highest BCUT2D eigenvalue weighted by Crippen LogP contribution is 2.29. The Labute approximate surface area is 89.3 Å². The highest BCUT2D eigenvalue weighted by molar-refractivity contribution is 5.82. The summed E-state index contributed by atoms with van der Waals surface area (Å²) in [4.78, 5) is 13.8. The van der Waals surface area contributed by atoms with Gasteiger partial charge in [-0.05, 0) is 6.92 Å². The molecule has 0 spiro atoms. The van der Waals surface area contributed by atoms with Gasteiger partial charge in [-0.3, -0.25) is 4.90 Å². The molecule has 2 heterocycles. The number of hydrogen-bond acceptors (Lipinski definition) is 5. The van der Waals surface area contributed by atoms with Crippen LogP contribution in [0, 0.1) is 0 Å². The van der Waals surface area contributed by atoms with Crippen LogP contribution in [0.1, 0.15) is 6.92 Å². The molecule has 2 rings (SSSR count). The fraction of sp³-hybridized carbons (Fsp3) is 0.900. The number of rotatable bonds is 4. The molecule has 0 N–H and O–H groups in total. The van der Waals surface area contributed by atoms with Crippen LogP contribution in [-0.2, 0) is 19.0 Å². The Morgan fingerprint density at radius 1 is 1.47 bits per heavy atom. The van der Waals surface area contributed by atoms with Crippen LogP contribution in [-0.4, -0.2) is 62.5 Å². The van der Waals surface area contributed by atoms with Crippen molar-refractivity contribution >= 4 is 5.97 Å². The fourth-order valence-electron chi connectivity index (χ4n) is 1.74.